The van der Waals surface area contributed by atoms with Crippen LogP contribution in [-0.2, 0) is 9.59 Å². The highest BCUT2D eigenvalue weighted by Crippen LogP contribution is 2.32. The van der Waals surface area contributed by atoms with E-state index in [4.69, 9.17) is 0 Å². The summed E-state index contributed by atoms with van der Waals surface area (Å²) in [6, 6.07) is 9.74. The van der Waals surface area contributed by atoms with Gasteiger partial charge in [0.1, 0.15) is 5.82 Å². The largest absolute Gasteiger partial charge is 0.339 e. The lowest BCUT2D eigenvalue weighted by Gasteiger charge is -2.15. The Kier molecular flexibility index (Phi) is 4.65. The van der Waals surface area contributed by atoms with Gasteiger partial charge < -0.3 is 4.90 Å². The van der Waals surface area contributed by atoms with E-state index in [0.717, 1.165) is 23.3 Å². The summed E-state index contributed by atoms with van der Waals surface area (Å²) < 4.78 is 13.0. The molecule has 4 rings (SSSR count). The Bertz CT molecular complexity index is 892. The van der Waals surface area contributed by atoms with Crippen molar-refractivity contribution in [1.82, 2.24) is 15.8 Å². The molecule has 1 aromatic heterocycles. The highest BCUT2D eigenvalue weighted by molar-refractivity contribution is 7.17. The summed E-state index contributed by atoms with van der Waals surface area (Å²) in [5.41, 5.74) is 5.64. The zero-order valence-corrected chi connectivity index (χ0v) is 15.2. The number of benzene rings is 1. The second-order valence-electron chi connectivity index (χ2n) is 6.79. The molecule has 0 bridgehead atoms. The molecule has 140 valence electrons. The monoisotopic (exact) mass is 387 g/mol. The van der Waals surface area contributed by atoms with Crippen LogP contribution in [0.15, 0.2) is 36.4 Å². The smallest absolute Gasteiger partial charge is 0.279 e. The summed E-state index contributed by atoms with van der Waals surface area (Å²) in [5.74, 6) is -1.52. The first-order chi connectivity index (χ1) is 13.0. The second kappa shape index (κ2) is 7.11. The normalized spacial score (nSPS) is 19.2. The number of amides is 3. The molecular formula is C19H18FN3O3S. The van der Waals surface area contributed by atoms with Crippen LogP contribution in [0.1, 0.15) is 28.9 Å². The van der Waals surface area contributed by atoms with Crippen LogP contribution in [-0.4, -0.2) is 35.2 Å². The number of nitrogens with zero attached hydrogens (tertiary/aromatic N) is 1. The molecule has 1 aliphatic carbocycles. The van der Waals surface area contributed by atoms with Crippen molar-refractivity contribution in [3.8, 4) is 10.4 Å². The van der Waals surface area contributed by atoms with Crippen LogP contribution >= 0.6 is 11.3 Å². The first kappa shape index (κ1) is 17.7. The van der Waals surface area contributed by atoms with Gasteiger partial charge >= 0.3 is 0 Å². The molecule has 27 heavy (non-hydrogen) atoms. The molecule has 8 heteroatoms. The number of hydrazine groups is 1. The minimum Gasteiger partial charge on any atom is -0.339 e. The summed E-state index contributed by atoms with van der Waals surface area (Å²) >= 11 is 1.25. The highest BCUT2D eigenvalue weighted by Gasteiger charge is 2.41. The lowest BCUT2D eigenvalue weighted by atomic mass is 10.1. The summed E-state index contributed by atoms with van der Waals surface area (Å²) in [5, 5.41) is 0. The van der Waals surface area contributed by atoms with Gasteiger partial charge in [-0.15, -0.1) is 11.3 Å². The van der Waals surface area contributed by atoms with Crippen molar-refractivity contribution in [3.05, 3.63) is 47.1 Å². The number of nitrogens with one attached hydrogen (secondary N) is 2. The zero-order chi connectivity index (χ0) is 19.0. The standard InChI is InChI=1S/C19H18FN3O3S/c20-13-3-1-11(2-4-13)15-7-8-16(27-15)19(26)22-21-18(25)12-9-17(24)23(10-12)14-5-6-14/h1-4,7-8,12,14H,5-6,9-10H2,(H,21,25)(H,22,26). The van der Waals surface area contributed by atoms with E-state index >= 15 is 0 Å². The van der Waals surface area contributed by atoms with E-state index < -0.39 is 11.8 Å². The predicted octanol–water partition coefficient (Wildman–Crippen LogP) is 2.33. The Balaban J connectivity index is 1.32. The maximum atomic E-state index is 13.0. The Hall–Kier alpha value is -2.74. The number of halogens is 1. The molecule has 0 radical (unpaired) electrons. The predicted molar refractivity (Wildman–Crippen MR) is 98.2 cm³/mol. The van der Waals surface area contributed by atoms with E-state index in [2.05, 4.69) is 10.9 Å². The zero-order valence-electron chi connectivity index (χ0n) is 14.4. The van der Waals surface area contributed by atoms with Gasteiger partial charge in [0.25, 0.3) is 5.91 Å². The Labute approximate surface area is 159 Å². The van der Waals surface area contributed by atoms with Gasteiger partial charge in [0.05, 0.1) is 10.8 Å². The lowest BCUT2D eigenvalue weighted by Crippen LogP contribution is -2.45. The molecule has 6 nitrogen and oxygen atoms in total. The number of likely N-dealkylation sites (tertiary alicyclic amines) is 1. The van der Waals surface area contributed by atoms with Gasteiger partial charge in [-0.25, -0.2) is 4.39 Å². The van der Waals surface area contributed by atoms with Gasteiger partial charge in [-0.2, -0.15) is 0 Å². The number of hydrogen-bond donors (Lipinski definition) is 2. The van der Waals surface area contributed by atoms with Gasteiger partial charge in [0.15, 0.2) is 0 Å². The Morgan fingerprint density at radius 1 is 1.07 bits per heavy atom. The van der Waals surface area contributed by atoms with Gasteiger partial charge in [-0.1, -0.05) is 12.1 Å². The summed E-state index contributed by atoms with van der Waals surface area (Å²) in [6.45, 7) is 0.416. The van der Waals surface area contributed by atoms with Crippen LogP contribution in [0, 0.1) is 11.7 Å². The molecule has 1 aliphatic heterocycles. The van der Waals surface area contributed by atoms with Crippen molar-refractivity contribution in [3.63, 3.8) is 0 Å². The Morgan fingerprint density at radius 3 is 2.52 bits per heavy atom. The van der Waals surface area contributed by atoms with E-state index in [9.17, 15) is 18.8 Å². The summed E-state index contributed by atoms with van der Waals surface area (Å²) in [7, 11) is 0. The minimum atomic E-state index is -0.434. The third-order valence-electron chi connectivity index (χ3n) is 4.77. The topological polar surface area (TPSA) is 78.5 Å². The maximum absolute atomic E-state index is 13.0. The number of carbonyl (C=O) groups excluding carboxylic acids is 3. The average Bonchev–Trinajstić information content (AvgIpc) is 3.24. The van der Waals surface area contributed by atoms with Crippen molar-refractivity contribution in [1.29, 1.82) is 0 Å². The molecule has 2 fully saturated rings. The van der Waals surface area contributed by atoms with Crippen LogP contribution in [0.4, 0.5) is 4.39 Å². The maximum Gasteiger partial charge on any atom is 0.279 e. The van der Waals surface area contributed by atoms with Crippen molar-refractivity contribution in [2.75, 3.05) is 6.54 Å². The molecule has 0 spiro atoms. The second-order valence-corrected chi connectivity index (χ2v) is 7.88. The molecule has 1 aromatic carbocycles. The van der Waals surface area contributed by atoms with E-state index in [0.29, 0.717) is 17.5 Å². The lowest BCUT2D eigenvalue weighted by molar-refractivity contribution is -0.129. The highest BCUT2D eigenvalue weighted by atomic mass is 32.1. The van der Waals surface area contributed by atoms with Crippen LogP contribution in [0.2, 0.25) is 0 Å². The van der Waals surface area contributed by atoms with Crippen LogP contribution in [0.5, 0.6) is 0 Å². The third kappa shape index (κ3) is 3.85. The fraction of sp³-hybridized carbons (Fsp3) is 0.316. The van der Waals surface area contributed by atoms with Crippen molar-refractivity contribution in [2.24, 2.45) is 5.92 Å². The van der Waals surface area contributed by atoms with Crippen LogP contribution < -0.4 is 10.9 Å². The SMILES string of the molecule is O=C(NNC(=O)C1CC(=O)N(C2CC2)C1)c1ccc(-c2ccc(F)cc2)s1. The van der Waals surface area contributed by atoms with Gasteiger partial charge in [-0.3, -0.25) is 25.2 Å². The summed E-state index contributed by atoms with van der Waals surface area (Å²) in [4.78, 5) is 39.4. The average molecular weight is 387 g/mol. The van der Waals surface area contributed by atoms with E-state index in [-0.39, 0.29) is 24.1 Å². The number of hydrogen-bond acceptors (Lipinski definition) is 4. The molecule has 2 N–H and O–H groups in total. The molecule has 2 aromatic rings. The van der Waals surface area contributed by atoms with Gasteiger partial charge in [0, 0.05) is 23.9 Å². The van der Waals surface area contributed by atoms with E-state index in [1.165, 1.54) is 23.5 Å². The molecule has 2 heterocycles. The van der Waals surface area contributed by atoms with Gasteiger partial charge in [0.2, 0.25) is 11.8 Å². The first-order valence-corrected chi connectivity index (χ1v) is 9.58. The third-order valence-corrected chi connectivity index (χ3v) is 5.91. The molecule has 2 aliphatic rings. The Morgan fingerprint density at radius 2 is 1.81 bits per heavy atom. The van der Waals surface area contributed by atoms with Crippen molar-refractivity contribution < 1.29 is 18.8 Å². The van der Waals surface area contributed by atoms with Crippen molar-refractivity contribution in [2.45, 2.75) is 25.3 Å². The molecule has 1 atom stereocenters. The minimum absolute atomic E-state index is 0.00572. The van der Waals surface area contributed by atoms with Crippen LogP contribution in [0.25, 0.3) is 10.4 Å². The fourth-order valence-corrected chi connectivity index (χ4v) is 4.06. The van der Waals surface area contributed by atoms with Gasteiger partial charge in [-0.05, 0) is 42.7 Å². The molecule has 1 saturated carbocycles. The summed E-state index contributed by atoms with van der Waals surface area (Å²) in [6.07, 6.45) is 2.20. The molecule has 1 saturated heterocycles. The quantitative estimate of drug-likeness (QED) is 0.791. The number of thiophene rings is 1. The molecular weight excluding hydrogens is 369 g/mol. The van der Waals surface area contributed by atoms with E-state index in [1.807, 2.05) is 0 Å². The van der Waals surface area contributed by atoms with Crippen LogP contribution in [0.3, 0.4) is 0 Å². The van der Waals surface area contributed by atoms with E-state index in [1.54, 1.807) is 29.2 Å². The van der Waals surface area contributed by atoms with Crippen molar-refractivity contribution >= 4 is 29.1 Å². The molecule has 1 unspecified atom stereocenters. The fourth-order valence-electron chi connectivity index (χ4n) is 3.16. The first-order valence-electron chi connectivity index (χ1n) is 8.76. The number of rotatable bonds is 4. The number of carbonyl (C=O) groups is 3. The molecule has 3 amide bonds.